The van der Waals surface area contributed by atoms with Gasteiger partial charge in [-0.15, -0.1) is 0 Å². The Morgan fingerprint density at radius 1 is 1.00 bits per heavy atom. The number of hydrogen-bond acceptors (Lipinski definition) is 6. The fraction of sp³-hybridized carbons (Fsp3) is 0.0400. The Kier molecular flexibility index (Phi) is 6.34. The highest BCUT2D eigenvalue weighted by atomic mass is 16.5. The highest BCUT2D eigenvalue weighted by Crippen LogP contribution is 2.19. The third-order valence-corrected chi connectivity index (χ3v) is 4.59. The average molecular weight is 421 g/mol. The summed E-state index contributed by atoms with van der Waals surface area (Å²) >= 11 is 0. The summed E-state index contributed by atoms with van der Waals surface area (Å²) in [4.78, 5) is 19.2. The van der Waals surface area contributed by atoms with Gasteiger partial charge in [-0.1, -0.05) is 60.7 Å². The van der Waals surface area contributed by atoms with Crippen molar-refractivity contribution in [1.82, 2.24) is 9.97 Å². The number of H-pyrrole nitrogens is 1. The van der Waals surface area contributed by atoms with Crippen LogP contribution in [0.3, 0.4) is 0 Å². The molecule has 4 aromatic rings. The number of nitrogens with one attached hydrogen (secondary N) is 2. The van der Waals surface area contributed by atoms with Crippen molar-refractivity contribution in [2.45, 2.75) is 6.61 Å². The van der Waals surface area contributed by atoms with Crippen LogP contribution in [0.5, 0.6) is 5.75 Å². The first-order valence-corrected chi connectivity index (χ1v) is 9.88. The molecule has 1 heterocycles. The van der Waals surface area contributed by atoms with Gasteiger partial charge in [0.05, 0.1) is 11.9 Å². The van der Waals surface area contributed by atoms with Crippen LogP contribution in [0.2, 0.25) is 0 Å². The Bertz CT molecular complexity index is 1310. The summed E-state index contributed by atoms with van der Waals surface area (Å²) in [5, 5.41) is 13.5. The molecule has 0 bridgehead atoms. The summed E-state index contributed by atoms with van der Waals surface area (Å²) < 4.78 is 5.77. The van der Waals surface area contributed by atoms with Crippen LogP contribution < -0.4 is 15.7 Å². The number of anilines is 1. The van der Waals surface area contributed by atoms with E-state index >= 15 is 0 Å². The minimum atomic E-state index is -0.529. The summed E-state index contributed by atoms with van der Waals surface area (Å²) in [5.74, 6) is 0.900. The molecule has 0 radical (unpaired) electrons. The largest absolute Gasteiger partial charge is 0.489 e. The number of nitriles is 1. The number of aromatic amines is 1. The van der Waals surface area contributed by atoms with E-state index in [4.69, 9.17) is 4.74 Å². The summed E-state index contributed by atoms with van der Waals surface area (Å²) in [7, 11) is 0. The number of nitrogens with zero attached hydrogens (tertiary/aromatic N) is 3. The Morgan fingerprint density at radius 3 is 2.38 bits per heavy atom. The maximum Gasteiger partial charge on any atom is 0.270 e. The molecule has 0 saturated carbocycles. The van der Waals surface area contributed by atoms with Gasteiger partial charge in [-0.25, -0.2) is 10.4 Å². The van der Waals surface area contributed by atoms with Gasteiger partial charge in [-0.3, -0.25) is 9.78 Å². The Labute approximate surface area is 184 Å². The van der Waals surface area contributed by atoms with Crippen LogP contribution in [-0.4, -0.2) is 16.2 Å². The molecule has 0 fully saturated rings. The zero-order valence-electron chi connectivity index (χ0n) is 17.0. The molecule has 3 aromatic carbocycles. The van der Waals surface area contributed by atoms with Crippen LogP contribution in [0.1, 0.15) is 16.7 Å². The summed E-state index contributed by atoms with van der Waals surface area (Å²) in [5.41, 5.74) is 5.06. The van der Waals surface area contributed by atoms with Crippen LogP contribution in [-0.2, 0) is 6.61 Å². The lowest BCUT2D eigenvalue weighted by atomic mass is 10.1. The molecule has 0 atom stereocenters. The Morgan fingerprint density at radius 2 is 1.69 bits per heavy atom. The number of rotatable bonds is 7. The molecule has 7 nitrogen and oxygen atoms in total. The van der Waals surface area contributed by atoms with E-state index in [0.29, 0.717) is 17.9 Å². The highest BCUT2D eigenvalue weighted by Gasteiger charge is 2.12. The Hall–Kier alpha value is -4.70. The third kappa shape index (κ3) is 5.07. The normalized spacial score (nSPS) is 10.6. The lowest BCUT2D eigenvalue weighted by Crippen LogP contribution is -2.16. The number of aromatic nitrogens is 2. The molecule has 32 heavy (non-hydrogen) atoms. The molecule has 0 amide bonds. The molecule has 2 N–H and O–H groups in total. The van der Waals surface area contributed by atoms with Gasteiger partial charge in [-0.2, -0.15) is 10.4 Å². The molecule has 4 rings (SSSR count). The lowest BCUT2D eigenvalue weighted by Gasteiger charge is -2.07. The molecule has 7 heteroatoms. The fourth-order valence-corrected chi connectivity index (χ4v) is 2.99. The monoisotopic (exact) mass is 421 g/mol. The molecule has 1 aromatic heterocycles. The summed E-state index contributed by atoms with van der Waals surface area (Å²) in [6, 6.07) is 28.4. The van der Waals surface area contributed by atoms with Gasteiger partial charge in [0, 0.05) is 5.56 Å². The van der Waals surface area contributed by atoms with Crippen molar-refractivity contribution in [3.05, 3.63) is 112 Å². The predicted molar refractivity (Wildman–Crippen MR) is 123 cm³/mol. The second-order valence-corrected chi connectivity index (χ2v) is 6.83. The molecule has 0 spiro atoms. The van der Waals surface area contributed by atoms with Crippen LogP contribution in [0, 0.1) is 11.3 Å². The zero-order valence-corrected chi connectivity index (χ0v) is 17.0. The maximum absolute atomic E-state index is 12.3. The van der Waals surface area contributed by atoms with Crippen molar-refractivity contribution in [2.24, 2.45) is 5.10 Å². The molecule has 0 aliphatic heterocycles. The van der Waals surface area contributed by atoms with Gasteiger partial charge in [0.1, 0.15) is 24.0 Å². The van der Waals surface area contributed by atoms with Gasteiger partial charge in [0.15, 0.2) is 0 Å². The second kappa shape index (κ2) is 9.87. The Balaban J connectivity index is 1.43. The highest BCUT2D eigenvalue weighted by molar-refractivity contribution is 5.80. The van der Waals surface area contributed by atoms with Gasteiger partial charge in [-0.05, 0) is 35.4 Å². The molecule has 0 aliphatic rings. The van der Waals surface area contributed by atoms with Gasteiger partial charge in [0.2, 0.25) is 5.95 Å². The van der Waals surface area contributed by atoms with Crippen molar-refractivity contribution >= 4 is 12.2 Å². The quantitative estimate of drug-likeness (QED) is 0.341. The standard InChI is InChI=1S/C25H19N5O2/c26-15-22-23(20-9-5-2-6-10-20)28-25(29-24(22)31)30-27-16-18-11-13-21(14-12-18)32-17-19-7-3-1-4-8-19/h1-14,16H,17H2,(H2,28,29,30,31). The van der Waals surface area contributed by atoms with Gasteiger partial charge < -0.3 is 4.74 Å². The van der Waals surface area contributed by atoms with Crippen molar-refractivity contribution < 1.29 is 4.74 Å². The molecular weight excluding hydrogens is 402 g/mol. The van der Waals surface area contributed by atoms with Crippen LogP contribution >= 0.6 is 0 Å². The first-order chi connectivity index (χ1) is 15.7. The average Bonchev–Trinajstić information content (AvgIpc) is 2.84. The van der Waals surface area contributed by atoms with E-state index in [1.807, 2.05) is 78.9 Å². The molecule has 0 saturated heterocycles. The molecular formula is C25H19N5O2. The molecule has 0 unspecified atom stereocenters. The van der Waals surface area contributed by atoms with E-state index in [0.717, 1.165) is 16.9 Å². The number of hydrazone groups is 1. The van der Waals surface area contributed by atoms with Crippen molar-refractivity contribution in [2.75, 3.05) is 5.43 Å². The predicted octanol–water partition coefficient (Wildman–Crippen LogP) is 4.33. The fourth-order valence-electron chi connectivity index (χ4n) is 2.99. The van der Waals surface area contributed by atoms with Crippen molar-refractivity contribution in [3.8, 4) is 23.1 Å². The smallest absolute Gasteiger partial charge is 0.270 e. The molecule has 0 aliphatic carbocycles. The van der Waals surface area contributed by atoms with Crippen LogP contribution in [0.15, 0.2) is 94.8 Å². The zero-order chi connectivity index (χ0) is 22.2. The first kappa shape index (κ1) is 20.6. The first-order valence-electron chi connectivity index (χ1n) is 9.88. The van der Waals surface area contributed by atoms with E-state index in [1.165, 1.54) is 0 Å². The maximum atomic E-state index is 12.3. The van der Waals surface area contributed by atoms with Gasteiger partial charge in [0.25, 0.3) is 5.56 Å². The van der Waals surface area contributed by atoms with E-state index in [2.05, 4.69) is 20.5 Å². The van der Waals surface area contributed by atoms with E-state index < -0.39 is 5.56 Å². The van der Waals surface area contributed by atoms with Crippen molar-refractivity contribution in [3.63, 3.8) is 0 Å². The SMILES string of the molecule is N#Cc1c(-c2ccccc2)nc(NN=Cc2ccc(OCc3ccccc3)cc2)[nH]c1=O. The topological polar surface area (TPSA) is 103 Å². The minimum absolute atomic E-state index is 0.0446. The summed E-state index contributed by atoms with van der Waals surface area (Å²) in [6.45, 7) is 0.497. The molecule has 156 valence electrons. The van der Waals surface area contributed by atoms with E-state index in [9.17, 15) is 10.1 Å². The van der Waals surface area contributed by atoms with Crippen molar-refractivity contribution in [1.29, 1.82) is 5.26 Å². The third-order valence-electron chi connectivity index (χ3n) is 4.59. The van der Waals surface area contributed by atoms with Crippen LogP contribution in [0.25, 0.3) is 11.3 Å². The second-order valence-electron chi connectivity index (χ2n) is 6.83. The van der Waals surface area contributed by atoms with E-state index in [1.54, 1.807) is 18.3 Å². The number of benzene rings is 3. The lowest BCUT2D eigenvalue weighted by molar-refractivity contribution is 0.306. The minimum Gasteiger partial charge on any atom is -0.489 e. The van der Waals surface area contributed by atoms with E-state index in [-0.39, 0.29) is 11.5 Å². The number of hydrogen-bond donors (Lipinski definition) is 2. The van der Waals surface area contributed by atoms with Gasteiger partial charge >= 0.3 is 0 Å². The number of ether oxygens (including phenoxy) is 1. The van der Waals surface area contributed by atoms with Crippen LogP contribution in [0.4, 0.5) is 5.95 Å². The summed E-state index contributed by atoms with van der Waals surface area (Å²) in [6.07, 6.45) is 1.60.